The van der Waals surface area contributed by atoms with Crippen LogP contribution in [0.1, 0.15) is 23.7 Å². The van der Waals surface area contributed by atoms with Gasteiger partial charge in [-0.2, -0.15) is 0 Å². The van der Waals surface area contributed by atoms with Crippen LogP contribution in [0.5, 0.6) is 5.75 Å². The van der Waals surface area contributed by atoms with Crippen molar-refractivity contribution in [1.82, 2.24) is 14.7 Å². The van der Waals surface area contributed by atoms with Crippen molar-refractivity contribution < 1.29 is 9.53 Å². The molecule has 0 spiro atoms. The summed E-state index contributed by atoms with van der Waals surface area (Å²) in [6.07, 6.45) is 8.03. The van der Waals surface area contributed by atoms with Crippen LogP contribution in [0, 0.1) is 6.92 Å². The molecule has 1 N–H and O–H groups in total. The summed E-state index contributed by atoms with van der Waals surface area (Å²) < 4.78 is 7.39. The van der Waals surface area contributed by atoms with Gasteiger partial charge in [-0.15, -0.1) is 0 Å². The van der Waals surface area contributed by atoms with Crippen molar-refractivity contribution in [3.63, 3.8) is 0 Å². The normalized spacial score (nSPS) is 11.2. The zero-order chi connectivity index (χ0) is 18.4. The summed E-state index contributed by atoms with van der Waals surface area (Å²) in [6, 6.07) is 11.7. The van der Waals surface area contributed by atoms with Gasteiger partial charge >= 0.3 is 0 Å². The number of fused-ring (bicyclic) bond motifs is 1. The van der Waals surface area contributed by atoms with Crippen molar-refractivity contribution in [2.24, 2.45) is 0 Å². The molecule has 0 aliphatic carbocycles. The first kappa shape index (κ1) is 17.7. The van der Waals surface area contributed by atoms with E-state index in [1.807, 2.05) is 67.0 Å². The first-order chi connectivity index (χ1) is 12.6. The molecule has 0 saturated heterocycles. The van der Waals surface area contributed by atoms with Crippen molar-refractivity contribution in [2.75, 3.05) is 13.2 Å². The molecule has 2 aromatic heterocycles. The highest BCUT2D eigenvalue weighted by molar-refractivity contribution is 5.91. The number of imidazole rings is 1. The quantitative estimate of drug-likeness (QED) is 0.665. The topological polar surface area (TPSA) is 55.6 Å². The molecule has 0 saturated carbocycles. The number of carbonyl (C=O) groups is 1. The number of aryl methyl sites for hydroxylation is 1. The summed E-state index contributed by atoms with van der Waals surface area (Å²) in [6.45, 7) is 5.19. The van der Waals surface area contributed by atoms with Gasteiger partial charge in [-0.3, -0.25) is 4.79 Å². The molecular weight excluding hydrogens is 326 g/mol. The van der Waals surface area contributed by atoms with Gasteiger partial charge in [0.25, 0.3) is 0 Å². The van der Waals surface area contributed by atoms with Crippen molar-refractivity contribution in [1.29, 1.82) is 0 Å². The second-order valence-electron chi connectivity index (χ2n) is 6.08. The maximum atomic E-state index is 11.9. The smallest absolute Gasteiger partial charge is 0.244 e. The van der Waals surface area contributed by atoms with Gasteiger partial charge in [-0.25, -0.2) is 4.98 Å². The van der Waals surface area contributed by atoms with Crippen molar-refractivity contribution in [2.45, 2.75) is 20.3 Å². The molecule has 5 nitrogen and oxygen atoms in total. The minimum absolute atomic E-state index is 0.113. The zero-order valence-electron chi connectivity index (χ0n) is 15.1. The summed E-state index contributed by atoms with van der Waals surface area (Å²) in [7, 11) is 0. The number of ether oxygens (including phenoxy) is 1. The predicted molar refractivity (Wildman–Crippen MR) is 103 cm³/mol. The van der Waals surface area contributed by atoms with Crippen molar-refractivity contribution >= 4 is 17.6 Å². The second-order valence-corrected chi connectivity index (χ2v) is 6.08. The zero-order valence-corrected chi connectivity index (χ0v) is 15.1. The second kappa shape index (κ2) is 8.34. The monoisotopic (exact) mass is 349 g/mol. The van der Waals surface area contributed by atoms with Crippen molar-refractivity contribution in [3.05, 3.63) is 71.7 Å². The van der Waals surface area contributed by atoms with Crippen LogP contribution in [0.2, 0.25) is 0 Å². The molecule has 0 unspecified atom stereocenters. The SMILES string of the molecule is CCOc1ccc(/C=C/C(=O)NCCc2cn3ccc(C)cc3n2)cc1. The highest BCUT2D eigenvalue weighted by atomic mass is 16.5. The van der Waals surface area contributed by atoms with Crippen LogP contribution in [0.4, 0.5) is 0 Å². The molecule has 1 aromatic carbocycles. The highest BCUT2D eigenvalue weighted by Crippen LogP contribution is 2.13. The predicted octanol–water partition coefficient (Wildman–Crippen LogP) is 3.41. The Bertz CT molecular complexity index is 911. The van der Waals surface area contributed by atoms with E-state index in [0.717, 1.165) is 22.7 Å². The Morgan fingerprint density at radius 2 is 2.08 bits per heavy atom. The molecule has 26 heavy (non-hydrogen) atoms. The van der Waals surface area contributed by atoms with Crippen LogP contribution in [0.15, 0.2) is 54.9 Å². The molecule has 134 valence electrons. The third-order valence-electron chi connectivity index (χ3n) is 3.96. The third kappa shape index (κ3) is 4.72. The molecule has 0 bridgehead atoms. The fourth-order valence-corrected chi connectivity index (χ4v) is 2.64. The van der Waals surface area contributed by atoms with E-state index in [0.29, 0.717) is 19.6 Å². The van der Waals surface area contributed by atoms with E-state index >= 15 is 0 Å². The lowest BCUT2D eigenvalue weighted by Crippen LogP contribution is -2.23. The molecule has 0 fully saturated rings. The summed E-state index contributed by atoms with van der Waals surface area (Å²) >= 11 is 0. The maximum absolute atomic E-state index is 11.9. The summed E-state index contributed by atoms with van der Waals surface area (Å²) in [5.41, 5.74) is 4.04. The minimum Gasteiger partial charge on any atom is -0.494 e. The van der Waals surface area contributed by atoms with Gasteiger partial charge in [0.15, 0.2) is 0 Å². The molecule has 3 aromatic rings. The number of nitrogens with zero attached hydrogens (tertiary/aromatic N) is 2. The van der Waals surface area contributed by atoms with E-state index in [1.165, 1.54) is 5.56 Å². The van der Waals surface area contributed by atoms with E-state index in [4.69, 9.17) is 4.74 Å². The van der Waals surface area contributed by atoms with Gasteiger partial charge in [0.05, 0.1) is 12.3 Å². The molecule has 1 amide bonds. The lowest BCUT2D eigenvalue weighted by Gasteiger charge is -2.02. The molecule has 0 aliphatic heterocycles. The van der Waals surface area contributed by atoms with E-state index in [1.54, 1.807) is 12.2 Å². The Labute approximate surface area is 153 Å². The van der Waals surface area contributed by atoms with E-state index in [2.05, 4.69) is 10.3 Å². The molecule has 2 heterocycles. The van der Waals surface area contributed by atoms with E-state index < -0.39 is 0 Å². The fourth-order valence-electron chi connectivity index (χ4n) is 2.64. The highest BCUT2D eigenvalue weighted by Gasteiger charge is 2.02. The number of aromatic nitrogens is 2. The Kier molecular flexibility index (Phi) is 5.69. The summed E-state index contributed by atoms with van der Waals surface area (Å²) in [5, 5.41) is 2.89. The number of hydrogen-bond acceptors (Lipinski definition) is 3. The maximum Gasteiger partial charge on any atom is 0.244 e. The average Bonchev–Trinajstić information content (AvgIpc) is 3.03. The Morgan fingerprint density at radius 3 is 2.85 bits per heavy atom. The molecule has 0 radical (unpaired) electrons. The first-order valence-corrected chi connectivity index (χ1v) is 8.77. The largest absolute Gasteiger partial charge is 0.494 e. The lowest BCUT2D eigenvalue weighted by molar-refractivity contribution is -0.116. The number of benzene rings is 1. The van der Waals surface area contributed by atoms with Gasteiger partial charge in [0.1, 0.15) is 11.4 Å². The average molecular weight is 349 g/mol. The Morgan fingerprint density at radius 1 is 1.27 bits per heavy atom. The van der Waals surface area contributed by atoms with Crippen LogP contribution in [-0.4, -0.2) is 28.4 Å². The van der Waals surface area contributed by atoms with Crippen LogP contribution >= 0.6 is 0 Å². The van der Waals surface area contributed by atoms with Crippen LogP contribution < -0.4 is 10.1 Å². The number of pyridine rings is 1. The van der Waals surface area contributed by atoms with E-state index in [-0.39, 0.29) is 5.91 Å². The molecule has 0 aliphatic rings. The molecule has 3 rings (SSSR count). The van der Waals surface area contributed by atoms with Crippen molar-refractivity contribution in [3.8, 4) is 5.75 Å². The number of nitrogens with one attached hydrogen (secondary N) is 1. The number of carbonyl (C=O) groups excluding carboxylic acids is 1. The number of hydrogen-bond donors (Lipinski definition) is 1. The fraction of sp³-hybridized carbons (Fsp3) is 0.238. The Hall–Kier alpha value is -3.08. The number of amides is 1. The van der Waals surface area contributed by atoms with Crippen LogP contribution in [-0.2, 0) is 11.2 Å². The van der Waals surface area contributed by atoms with Gasteiger partial charge in [0, 0.05) is 31.4 Å². The number of rotatable bonds is 7. The van der Waals surface area contributed by atoms with E-state index in [9.17, 15) is 4.79 Å². The molecule has 5 heteroatoms. The van der Waals surface area contributed by atoms with Gasteiger partial charge in [-0.1, -0.05) is 12.1 Å². The lowest BCUT2D eigenvalue weighted by atomic mass is 10.2. The van der Waals surface area contributed by atoms with Gasteiger partial charge in [-0.05, 0) is 55.3 Å². The summed E-state index contributed by atoms with van der Waals surface area (Å²) in [5.74, 6) is 0.718. The van der Waals surface area contributed by atoms with Gasteiger partial charge < -0.3 is 14.5 Å². The first-order valence-electron chi connectivity index (χ1n) is 8.77. The Balaban J connectivity index is 1.48. The minimum atomic E-state index is -0.113. The standard InChI is InChI=1S/C21H23N3O2/c1-3-26-19-7-4-17(5-8-19)6-9-21(25)22-12-10-18-15-24-13-11-16(2)14-20(24)23-18/h4-9,11,13-15H,3,10,12H2,1-2H3,(H,22,25)/b9-6+. The van der Waals surface area contributed by atoms with Crippen LogP contribution in [0.3, 0.4) is 0 Å². The van der Waals surface area contributed by atoms with Gasteiger partial charge in [0.2, 0.25) is 5.91 Å². The molecular formula is C21H23N3O2. The van der Waals surface area contributed by atoms with Crippen LogP contribution in [0.25, 0.3) is 11.7 Å². The molecule has 0 atom stereocenters. The summed E-state index contributed by atoms with van der Waals surface area (Å²) in [4.78, 5) is 16.5. The third-order valence-corrected chi connectivity index (χ3v) is 3.96.